The highest BCUT2D eigenvalue weighted by atomic mass is 16.1. The van der Waals surface area contributed by atoms with Crippen molar-refractivity contribution in [3.63, 3.8) is 0 Å². The molecule has 0 fully saturated rings. The highest BCUT2D eigenvalue weighted by Crippen LogP contribution is 2.40. The van der Waals surface area contributed by atoms with Crippen LogP contribution in [-0.4, -0.2) is 5.78 Å². The Bertz CT molecular complexity index is 250. The molecule has 0 heterocycles. The molecule has 0 radical (unpaired) electrons. The van der Waals surface area contributed by atoms with Crippen LogP contribution < -0.4 is 0 Å². The van der Waals surface area contributed by atoms with Crippen LogP contribution in [0.5, 0.6) is 0 Å². The van der Waals surface area contributed by atoms with Crippen LogP contribution in [0.1, 0.15) is 39.5 Å². The minimum Gasteiger partial charge on any atom is -0.295 e. The van der Waals surface area contributed by atoms with E-state index in [2.05, 4.69) is 13.8 Å². The summed E-state index contributed by atoms with van der Waals surface area (Å²) in [5.74, 6) is 1.79. The van der Waals surface area contributed by atoms with Gasteiger partial charge in [0.2, 0.25) is 0 Å². The lowest BCUT2D eigenvalue weighted by Crippen LogP contribution is -2.08. The first-order valence-electron chi connectivity index (χ1n) is 4.93. The summed E-state index contributed by atoms with van der Waals surface area (Å²) in [6.07, 6.45) is 4.25. The van der Waals surface area contributed by atoms with Crippen LogP contribution in [0.2, 0.25) is 0 Å². The zero-order valence-corrected chi connectivity index (χ0v) is 7.89. The van der Waals surface area contributed by atoms with Gasteiger partial charge in [-0.1, -0.05) is 19.4 Å². The Hall–Kier alpha value is -0.590. The summed E-state index contributed by atoms with van der Waals surface area (Å²) in [7, 11) is 0. The number of Topliss-reactive ketones (excluding diaryl/α,β-unsaturated/α-hetero) is 1. The van der Waals surface area contributed by atoms with Crippen molar-refractivity contribution in [3.8, 4) is 0 Å². The number of carbonyl (C=O) groups excluding carboxylic acids is 1. The summed E-state index contributed by atoms with van der Waals surface area (Å²) < 4.78 is 0. The first-order valence-corrected chi connectivity index (χ1v) is 4.93. The molecule has 0 saturated carbocycles. The summed E-state index contributed by atoms with van der Waals surface area (Å²) >= 11 is 0. The first kappa shape index (κ1) is 8.03. The second kappa shape index (κ2) is 2.72. The van der Waals surface area contributed by atoms with E-state index in [9.17, 15) is 4.79 Å². The van der Waals surface area contributed by atoms with Gasteiger partial charge in [0.1, 0.15) is 0 Å². The van der Waals surface area contributed by atoms with E-state index in [0.29, 0.717) is 11.7 Å². The fourth-order valence-electron chi connectivity index (χ4n) is 2.49. The van der Waals surface area contributed by atoms with E-state index in [1.807, 2.05) is 0 Å². The van der Waals surface area contributed by atoms with Gasteiger partial charge in [0.05, 0.1) is 0 Å². The highest BCUT2D eigenvalue weighted by molar-refractivity contribution is 5.99. The lowest BCUT2D eigenvalue weighted by atomic mass is 9.84. The molecule has 0 aromatic carbocycles. The Morgan fingerprint density at radius 1 is 1.25 bits per heavy atom. The minimum absolute atomic E-state index is 0.435. The van der Waals surface area contributed by atoms with Gasteiger partial charge in [-0.05, 0) is 36.7 Å². The van der Waals surface area contributed by atoms with Gasteiger partial charge in [-0.2, -0.15) is 0 Å². The quantitative estimate of drug-likeness (QED) is 0.538. The smallest absolute Gasteiger partial charge is 0.159 e. The van der Waals surface area contributed by atoms with E-state index in [-0.39, 0.29) is 0 Å². The van der Waals surface area contributed by atoms with Crippen molar-refractivity contribution in [2.45, 2.75) is 39.5 Å². The number of carbonyl (C=O) groups is 1. The topological polar surface area (TPSA) is 17.1 Å². The molecule has 0 aliphatic heterocycles. The van der Waals surface area contributed by atoms with Crippen molar-refractivity contribution >= 4 is 5.78 Å². The second-order valence-electron chi connectivity index (χ2n) is 4.38. The Labute approximate surface area is 73.8 Å². The molecule has 0 saturated heterocycles. The molecule has 0 bridgehead atoms. The number of allylic oxidation sites excluding steroid dienone is 2. The molecule has 2 aliphatic rings. The molecule has 0 N–H and O–H groups in total. The maximum atomic E-state index is 11.5. The van der Waals surface area contributed by atoms with Crippen LogP contribution in [0.15, 0.2) is 11.1 Å². The molecular weight excluding hydrogens is 148 g/mol. The molecule has 66 valence electrons. The molecular formula is C11H16O. The van der Waals surface area contributed by atoms with E-state index >= 15 is 0 Å². The van der Waals surface area contributed by atoms with E-state index in [1.54, 1.807) is 0 Å². The van der Waals surface area contributed by atoms with Crippen molar-refractivity contribution < 1.29 is 4.79 Å². The zero-order valence-electron chi connectivity index (χ0n) is 7.89. The normalized spacial score (nSPS) is 35.7. The summed E-state index contributed by atoms with van der Waals surface area (Å²) in [6.45, 7) is 4.48. The van der Waals surface area contributed by atoms with E-state index < -0.39 is 0 Å². The number of hydrogen-bond donors (Lipinski definition) is 0. The lowest BCUT2D eigenvalue weighted by molar-refractivity contribution is -0.115. The van der Waals surface area contributed by atoms with Crippen molar-refractivity contribution in [1.29, 1.82) is 0 Å². The van der Waals surface area contributed by atoms with Gasteiger partial charge in [-0.15, -0.1) is 0 Å². The molecule has 0 spiro atoms. The summed E-state index contributed by atoms with van der Waals surface area (Å²) in [6, 6.07) is 0. The lowest BCUT2D eigenvalue weighted by Gasteiger charge is -2.21. The van der Waals surface area contributed by atoms with Crippen LogP contribution >= 0.6 is 0 Å². The first-order chi connectivity index (χ1) is 5.68. The molecule has 1 heteroatoms. The molecule has 0 aromatic rings. The number of hydrogen-bond acceptors (Lipinski definition) is 1. The van der Waals surface area contributed by atoms with E-state index in [1.165, 1.54) is 24.0 Å². The fraction of sp³-hybridized carbons (Fsp3) is 0.727. The summed E-state index contributed by atoms with van der Waals surface area (Å²) in [5, 5.41) is 0. The van der Waals surface area contributed by atoms with Gasteiger partial charge in [-0.25, -0.2) is 0 Å². The van der Waals surface area contributed by atoms with Crippen LogP contribution in [0, 0.1) is 11.8 Å². The van der Waals surface area contributed by atoms with Crippen LogP contribution in [0.4, 0.5) is 0 Å². The Kier molecular flexibility index (Phi) is 1.82. The van der Waals surface area contributed by atoms with Crippen molar-refractivity contribution in [2.24, 2.45) is 11.8 Å². The van der Waals surface area contributed by atoms with Crippen molar-refractivity contribution in [3.05, 3.63) is 11.1 Å². The van der Waals surface area contributed by atoms with Crippen LogP contribution in [0.3, 0.4) is 0 Å². The van der Waals surface area contributed by atoms with E-state index in [0.717, 1.165) is 18.8 Å². The van der Waals surface area contributed by atoms with Crippen molar-refractivity contribution in [1.82, 2.24) is 0 Å². The standard InChI is InChI=1S/C11H16O/c1-7-3-4-9-10(5-7)8(2)6-11(9)12/h7-8H,3-6H2,1-2H3. The predicted octanol–water partition coefficient (Wildman–Crippen LogP) is 2.71. The maximum absolute atomic E-state index is 11.5. The molecule has 12 heavy (non-hydrogen) atoms. The molecule has 2 rings (SSSR count). The zero-order chi connectivity index (χ0) is 8.72. The highest BCUT2D eigenvalue weighted by Gasteiger charge is 2.32. The SMILES string of the molecule is CC1CCC2=C(C1)C(C)CC2=O. The Morgan fingerprint density at radius 2 is 2.00 bits per heavy atom. The third kappa shape index (κ3) is 1.12. The monoisotopic (exact) mass is 164 g/mol. The van der Waals surface area contributed by atoms with Gasteiger partial charge in [0.15, 0.2) is 5.78 Å². The summed E-state index contributed by atoms with van der Waals surface area (Å²) in [4.78, 5) is 11.5. The largest absolute Gasteiger partial charge is 0.295 e. The molecule has 1 nitrogen and oxygen atoms in total. The molecule has 0 amide bonds. The third-order valence-corrected chi connectivity index (χ3v) is 3.27. The van der Waals surface area contributed by atoms with Crippen LogP contribution in [-0.2, 0) is 4.79 Å². The van der Waals surface area contributed by atoms with E-state index in [4.69, 9.17) is 0 Å². The van der Waals surface area contributed by atoms with Gasteiger partial charge >= 0.3 is 0 Å². The Morgan fingerprint density at radius 3 is 2.75 bits per heavy atom. The Balaban J connectivity index is 2.29. The molecule has 0 aromatic heterocycles. The van der Waals surface area contributed by atoms with Gasteiger partial charge in [0.25, 0.3) is 0 Å². The maximum Gasteiger partial charge on any atom is 0.159 e. The molecule has 2 aliphatic carbocycles. The van der Waals surface area contributed by atoms with Gasteiger partial charge in [0, 0.05) is 6.42 Å². The third-order valence-electron chi connectivity index (χ3n) is 3.27. The van der Waals surface area contributed by atoms with Gasteiger partial charge < -0.3 is 0 Å². The summed E-state index contributed by atoms with van der Waals surface area (Å²) in [5.41, 5.74) is 2.68. The molecule has 2 atom stereocenters. The van der Waals surface area contributed by atoms with Crippen LogP contribution in [0.25, 0.3) is 0 Å². The number of rotatable bonds is 0. The average Bonchev–Trinajstić information content (AvgIpc) is 2.28. The minimum atomic E-state index is 0.435. The predicted molar refractivity (Wildman–Crippen MR) is 48.8 cm³/mol. The second-order valence-corrected chi connectivity index (χ2v) is 4.38. The average molecular weight is 164 g/mol. The number of ketones is 1. The molecule has 2 unspecified atom stereocenters. The van der Waals surface area contributed by atoms with Gasteiger partial charge in [-0.3, -0.25) is 4.79 Å². The fourth-order valence-corrected chi connectivity index (χ4v) is 2.49. The van der Waals surface area contributed by atoms with Crippen molar-refractivity contribution in [2.75, 3.05) is 0 Å².